The molecule has 376 valence electrons. The van der Waals surface area contributed by atoms with E-state index in [1.807, 2.05) is 33.3 Å². The van der Waals surface area contributed by atoms with Gasteiger partial charge in [-0.25, -0.2) is 0 Å². The Morgan fingerprint density at radius 2 is 0.851 bits per heavy atom. The van der Waals surface area contributed by atoms with Crippen LogP contribution < -0.4 is 5.11 Å². The van der Waals surface area contributed by atoms with Crippen LogP contribution in [0.1, 0.15) is 155 Å². The Kier molecular flexibility index (Phi) is 44.6. The Labute approximate surface area is 408 Å². The van der Waals surface area contributed by atoms with Gasteiger partial charge >= 0.3 is 11.9 Å². The Hall–Kier alpha value is -4.57. The number of carbonyl (C=O) groups excluding carboxylic acids is 3. The molecular formula is C58H91NO8. The number of nitrogens with zero attached hydrogens (tertiary/aromatic N) is 1. The number of esters is 2. The number of carbonyl (C=O) groups is 3. The van der Waals surface area contributed by atoms with Gasteiger partial charge in [0.2, 0.25) is 0 Å². The maximum atomic E-state index is 12.8. The largest absolute Gasteiger partial charge is 0.545 e. The number of aliphatic carboxylic acids is 1. The molecule has 0 bridgehead atoms. The van der Waals surface area contributed by atoms with Gasteiger partial charge in [-0.05, 0) is 89.9 Å². The summed E-state index contributed by atoms with van der Waals surface area (Å²) in [4.78, 5) is 37.1. The highest BCUT2D eigenvalue weighted by atomic mass is 16.7. The van der Waals surface area contributed by atoms with Gasteiger partial charge in [0.15, 0.2) is 12.4 Å². The molecule has 2 atom stereocenters. The molecule has 2 unspecified atom stereocenters. The molecule has 0 N–H and O–H groups in total. The first-order valence-corrected chi connectivity index (χ1v) is 25.3. The van der Waals surface area contributed by atoms with Crippen LogP contribution in [-0.2, 0) is 33.3 Å². The summed E-state index contributed by atoms with van der Waals surface area (Å²) < 4.78 is 22.5. The van der Waals surface area contributed by atoms with E-state index in [-0.39, 0.29) is 32.7 Å². The second-order valence-electron chi connectivity index (χ2n) is 17.4. The summed E-state index contributed by atoms with van der Waals surface area (Å²) in [6.07, 6.45) is 65.2. The molecule has 0 aliphatic rings. The first-order chi connectivity index (χ1) is 32.6. The summed E-state index contributed by atoms with van der Waals surface area (Å²) >= 11 is 0. The average molecular weight is 930 g/mol. The second-order valence-corrected chi connectivity index (χ2v) is 17.4. The van der Waals surface area contributed by atoms with Crippen LogP contribution in [0.25, 0.3) is 0 Å². The van der Waals surface area contributed by atoms with Crippen LogP contribution in [0.4, 0.5) is 0 Å². The minimum absolute atomic E-state index is 0.0500. The van der Waals surface area contributed by atoms with E-state index in [4.69, 9.17) is 18.9 Å². The summed E-state index contributed by atoms with van der Waals surface area (Å²) in [5.41, 5.74) is 0. The zero-order chi connectivity index (χ0) is 49.2. The van der Waals surface area contributed by atoms with E-state index in [1.54, 1.807) is 6.08 Å². The lowest BCUT2D eigenvalue weighted by atomic mass is 10.1. The Balaban J connectivity index is 4.44. The summed E-state index contributed by atoms with van der Waals surface area (Å²) in [5, 5.41) is 11.7. The van der Waals surface area contributed by atoms with E-state index >= 15 is 0 Å². The fraction of sp³-hybridized carbons (Fsp3) is 0.569. The smallest absolute Gasteiger partial charge is 0.309 e. The number of quaternary nitrogens is 1. The van der Waals surface area contributed by atoms with E-state index in [0.29, 0.717) is 23.9 Å². The molecule has 0 spiro atoms. The molecule has 9 heteroatoms. The topological polar surface area (TPSA) is 111 Å². The van der Waals surface area contributed by atoms with Gasteiger partial charge < -0.3 is 33.3 Å². The van der Waals surface area contributed by atoms with Crippen LogP contribution in [0.15, 0.2) is 134 Å². The quantitative estimate of drug-likeness (QED) is 0.0195. The van der Waals surface area contributed by atoms with E-state index in [9.17, 15) is 19.5 Å². The normalized spacial score (nSPS) is 14.0. The molecule has 0 aliphatic carbocycles. The molecule has 0 aromatic carbocycles. The van der Waals surface area contributed by atoms with Crippen LogP contribution in [0.5, 0.6) is 0 Å². The van der Waals surface area contributed by atoms with Gasteiger partial charge in [0, 0.05) is 6.42 Å². The first-order valence-electron chi connectivity index (χ1n) is 25.3. The second kappa shape index (κ2) is 47.9. The fourth-order valence-corrected chi connectivity index (χ4v) is 6.08. The molecule has 0 aromatic rings. The minimum atomic E-state index is -1.65. The van der Waals surface area contributed by atoms with Crippen molar-refractivity contribution in [3.63, 3.8) is 0 Å². The highest BCUT2D eigenvalue weighted by molar-refractivity contribution is 5.71. The van der Waals surface area contributed by atoms with Gasteiger partial charge in [0.05, 0.1) is 46.7 Å². The van der Waals surface area contributed by atoms with Gasteiger partial charge in [0.1, 0.15) is 13.2 Å². The van der Waals surface area contributed by atoms with Crippen molar-refractivity contribution >= 4 is 17.9 Å². The molecule has 0 radical (unpaired) electrons. The van der Waals surface area contributed by atoms with Gasteiger partial charge in [0.25, 0.3) is 0 Å². The van der Waals surface area contributed by atoms with Crippen LogP contribution in [0, 0.1) is 0 Å². The number of hydrogen-bond donors (Lipinski definition) is 0. The zero-order valence-corrected chi connectivity index (χ0v) is 42.5. The van der Waals surface area contributed by atoms with Crippen molar-refractivity contribution in [2.24, 2.45) is 0 Å². The lowest BCUT2D eigenvalue weighted by Gasteiger charge is -2.26. The summed E-state index contributed by atoms with van der Waals surface area (Å²) in [5.74, 6) is -2.48. The van der Waals surface area contributed by atoms with Crippen LogP contribution in [-0.4, -0.2) is 82.3 Å². The number of likely N-dealkylation sites (N-methyl/N-ethyl adjacent to an activating group) is 1. The third kappa shape index (κ3) is 49.2. The number of carboxylic acid groups (broad SMARTS) is 1. The summed E-state index contributed by atoms with van der Waals surface area (Å²) in [6, 6.07) is 0. The predicted molar refractivity (Wildman–Crippen MR) is 278 cm³/mol. The molecule has 0 saturated carbocycles. The molecule has 0 aromatic heterocycles. The van der Waals surface area contributed by atoms with E-state index in [0.717, 1.165) is 89.9 Å². The number of hydrogen-bond acceptors (Lipinski definition) is 8. The monoisotopic (exact) mass is 930 g/mol. The number of unbranched alkanes of at least 4 members (excludes halogenated alkanes) is 8. The Morgan fingerprint density at radius 3 is 1.27 bits per heavy atom. The van der Waals surface area contributed by atoms with Crippen molar-refractivity contribution in [2.75, 3.05) is 47.5 Å². The predicted octanol–water partition coefficient (Wildman–Crippen LogP) is 13.0. The highest BCUT2D eigenvalue weighted by Crippen LogP contribution is 2.13. The van der Waals surface area contributed by atoms with Crippen LogP contribution >= 0.6 is 0 Å². The lowest BCUT2D eigenvalue weighted by Crippen LogP contribution is -2.44. The molecule has 0 amide bonds. The van der Waals surface area contributed by atoms with Crippen molar-refractivity contribution in [3.8, 4) is 0 Å². The third-order valence-corrected chi connectivity index (χ3v) is 9.93. The molecule has 9 nitrogen and oxygen atoms in total. The maximum absolute atomic E-state index is 12.8. The van der Waals surface area contributed by atoms with Crippen molar-refractivity contribution in [1.29, 1.82) is 0 Å². The van der Waals surface area contributed by atoms with Crippen molar-refractivity contribution in [2.45, 2.75) is 167 Å². The molecule has 0 fully saturated rings. The van der Waals surface area contributed by atoms with E-state index < -0.39 is 30.3 Å². The lowest BCUT2D eigenvalue weighted by molar-refractivity contribution is -0.870. The number of rotatable bonds is 44. The number of carboxylic acids is 1. The van der Waals surface area contributed by atoms with Gasteiger partial charge in [-0.15, -0.1) is 0 Å². The standard InChI is InChI=1S/C58H91NO8/c1-6-8-10-12-14-16-18-20-22-23-24-25-26-27-28-29-30-31-32-33-35-37-39-41-43-45-47-49-56(61)67-54(53-66-58(57(62)63)64-51-50-59(3,4)5)52-65-55(60)48-46-44-42-40-38-36-34-21-19-17-15-13-11-9-7-2/h8-11,14-17,20-22,24-25,27-28,30-31,34,38,40,44,46,54,58H,6-7,12-13,18-19,23,26,29,32-33,35-37,39,41-43,45,47-53H2,1-5H3/b10-8-,11-9-,16-14-,17-15-,22-20-,25-24-,28-27-,31-30-,34-21-,40-38-,46-44-. The zero-order valence-electron chi connectivity index (χ0n) is 42.5. The van der Waals surface area contributed by atoms with E-state index in [1.165, 1.54) is 25.7 Å². The fourth-order valence-electron chi connectivity index (χ4n) is 6.08. The molecular weight excluding hydrogens is 839 g/mol. The number of ether oxygens (including phenoxy) is 4. The Bertz CT molecular complexity index is 1550. The molecule has 0 aliphatic heterocycles. The first kappa shape index (κ1) is 62.4. The average Bonchev–Trinajstić information content (AvgIpc) is 3.29. The number of allylic oxidation sites excluding steroid dienone is 21. The summed E-state index contributed by atoms with van der Waals surface area (Å²) in [7, 11) is 5.87. The van der Waals surface area contributed by atoms with Crippen LogP contribution in [0.2, 0.25) is 0 Å². The van der Waals surface area contributed by atoms with Gasteiger partial charge in [-0.1, -0.05) is 186 Å². The maximum Gasteiger partial charge on any atom is 0.309 e. The summed E-state index contributed by atoms with van der Waals surface area (Å²) in [6.45, 7) is 4.35. The molecule has 0 heterocycles. The third-order valence-electron chi connectivity index (χ3n) is 9.93. The molecule has 0 rings (SSSR count). The molecule has 0 saturated heterocycles. The van der Waals surface area contributed by atoms with Gasteiger partial charge in [-0.2, -0.15) is 0 Å². The Morgan fingerprint density at radius 1 is 0.463 bits per heavy atom. The van der Waals surface area contributed by atoms with Crippen LogP contribution in [0.3, 0.4) is 0 Å². The SMILES string of the molecule is CC/C=C\C/C=C\C/C=C\C/C=C\C/C=C\C/C=C\CCCCCCCCCCC(=O)OC(COC(=O)C/C=C\C/C=C\C/C=C\C/C=C\C/C=C\CC)COC(OCC[N+](C)(C)C)C(=O)[O-]. The van der Waals surface area contributed by atoms with Gasteiger partial charge in [-0.3, -0.25) is 9.59 Å². The van der Waals surface area contributed by atoms with E-state index in [2.05, 4.69) is 129 Å². The van der Waals surface area contributed by atoms with Crippen molar-refractivity contribution < 1.29 is 42.9 Å². The minimum Gasteiger partial charge on any atom is -0.545 e. The van der Waals surface area contributed by atoms with Crippen molar-refractivity contribution in [1.82, 2.24) is 0 Å². The van der Waals surface area contributed by atoms with Crippen molar-refractivity contribution in [3.05, 3.63) is 134 Å². The molecule has 67 heavy (non-hydrogen) atoms. The highest BCUT2D eigenvalue weighted by Gasteiger charge is 2.21.